The van der Waals surface area contributed by atoms with Crippen LogP contribution in [0, 0.1) is 6.92 Å². The SMILES string of the molecule is Cc1ncoc1CNS(=O)(=O)c1ccc(C(=O)O)cc1. The monoisotopic (exact) mass is 296 g/mol. The molecule has 0 unspecified atom stereocenters. The summed E-state index contributed by atoms with van der Waals surface area (Å²) in [6, 6.07) is 4.94. The Morgan fingerprint density at radius 3 is 2.50 bits per heavy atom. The number of aryl methyl sites for hydroxylation is 1. The number of nitrogens with one attached hydrogen (secondary N) is 1. The van der Waals surface area contributed by atoms with E-state index in [0.717, 1.165) is 0 Å². The Morgan fingerprint density at radius 1 is 1.35 bits per heavy atom. The summed E-state index contributed by atoms with van der Waals surface area (Å²) < 4.78 is 31.4. The first-order valence-corrected chi connectivity index (χ1v) is 7.10. The van der Waals surface area contributed by atoms with Gasteiger partial charge in [-0.2, -0.15) is 0 Å². The van der Waals surface area contributed by atoms with Gasteiger partial charge in [0.25, 0.3) is 0 Å². The third-order valence-corrected chi connectivity index (χ3v) is 4.10. The van der Waals surface area contributed by atoms with Crippen LogP contribution in [-0.2, 0) is 16.6 Å². The molecule has 2 rings (SSSR count). The van der Waals surface area contributed by atoms with Crippen LogP contribution >= 0.6 is 0 Å². The van der Waals surface area contributed by atoms with Crippen LogP contribution in [0.5, 0.6) is 0 Å². The lowest BCUT2D eigenvalue weighted by Crippen LogP contribution is -2.23. The molecule has 0 spiro atoms. The molecule has 0 saturated heterocycles. The number of carbonyl (C=O) groups is 1. The molecule has 0 aliphatic carbocycles. The van der Waals surface area contributed by atoms with E-state index in [1.807, 2.05) is 0 Å². The number of hydrogen-bond donors (Lipinski definition) is 2. The van der Waals surface area contributed by atoms with E-state index in [9.17, 15) is 13.2 Å². The highest BCUT2D eigenvalue weighted by atomic mass is 32.2. The number of oxazole rings is 1. The van der Waals surface area contributed by atoms with Gasteiger partial charge in [-0.05, 0) is 31.2 Å². The fourth-order valence-electron chi connectivity index (χ4n) is 1.52. The quantitative estimate of drug-likeness (QED) is 0.856. The topological polar surface area (TPSA) is 110 Å². The standard InChI is InChI=1S/C12H12N2O5S/c1-8-11(19-7-13-8)6-14-20(17,18)10-4-2-9(3-5-10)12(15)16/h2-5,7,14H,6H2,1H3,(H,15,16). The number of rotatable bonds is 5. The van der Waals surface area contributed by atoms with Crippen molar-refractivity contribution in [3.63, 3.8) is 0 Å². The lowest BCUT2D eigenvalue weighted by Gasteiger charge is -2.05. The van der Waals surface area contributed by atoms with Gasteiger partial charge in [-0.1, -0.05) is 0 Å². The summed E-state index contributed by atoms with van der Waals surface area (Å²) in [4.78, 5) is 14.5. The number of nitrogens with zero attached hydrogens (tertiary/aromatic N) is 1. The lowest BCUT2D eigenvalue weighted by atomic mass is 10.2. The molecule has 0 bridgehead atoms. The third kappa shape index (κ3) is 3.03. The van der Waals surface area contributed by atoms with Crippen molar-refractivity contribution in [1.29, 1.82) is 0 Å². The van der Waals surface area contributed by atoms with Crippen LogP contribution in [-0.4, -0.2) is 24.5 Å². The predicted octanol–water partition coefficient (Wildman–Crippen LogP) is 1.16. The molecular formula is C12H12N2O5S. The molecule has 20 heavy (non-hydrogen) atoms. The highest BCUT2D eigenvalue weighted by Gasteiger charge is 2.16. The molecule has 2 aromatic rings. The Balaban J connectivity index is 2.14. The zero-order valence-corrected chi connectivity index (χ0v) is 11.3. The van der Waals surface area contributed by atoms with Crippen molar-refractivity contribution >= 4 is 16.0 Å². The molecule has 0 aliphatic rings. The number of carboxylic acid groups (broad SMARTS) is 1. The van der Waals surface area contributed by atoms with Gasteiger partial charge in [0.1, 0.15) is 5.76 Å². The van der Waals surface area contributed by atoms with E-state index in [2.05, 4.69) is 9.71 Å². The first-order valence-electron chi connectivity index (χ1n) is 5.62. The van der Waals surface area contributed by atoms with Gasteiger partial charge in [-0.15, -0.1) is 0 Å². The van der Waals surface area contributed by atoms with Gasteiger partial charge in [0.05, 0.1) is 22.7 Å². The first-order chi connectivity index (χ1) is 9.40. The molecule has 1 heterocycles. The second-order valence-electron chi connectivity index (χ2n) is 4.02. The van der Waals surface area contributed by atoms with Gasteiger partial charge >= 0.3 is 5.97 Å². The number of aromatic nitrogens is 1. The predicted molar refractivity (Wildman–Crippen MR) is 68.7 cm³/mol. The molecule has 0 saturated carbocycles. The smallest absolute Gasteiger partial charge is 0.335 e. The van der Waals surface area contributed by atoms with E-state index in [1.165, 1.54) is 30.7 Å². The average Bonchev–Trinajstić information content (AvgIpc) is 2.82. The maximum Gasteiger partial charge on any atom is 0.335 e. The number of benzene rings is 1. The molecule has 1 aromatic carbocycles. The van der Waals surface area contributed by atoms with E-state index >= 15 is 0 Å². The highest BCUT2D eigenvalue weighted by Crippen LogP contribution is 2.12. The zero-order chi connectivity index (χ0) is 14.8. The minimum Gasteiger partial charge on any atom is -0.478 e. The van der Waals surface area contributed by atoms with Crippen molar-refractivity contribution in [2.24, 2.45) is 0 Å². The number of sulfonamides is 1. The van der Waals surface area contributed by atoms with Gasteiger partial charge in [0.2, 0.25) is 10.0 Å². The number of carboxylic acids is 1. The van der Waals surface area contributed by atoms with Crippen LogP contribution in [0.25, 0.3) is 0 Å². The molecule has 1 aromatic heterocycles. The van der Waals surface area contributed by atoms with Crippen molar-refractivity contribution in [2.75, 3.05) is 0 Å². The summed E-state index contributed by atoms with van der Waals surface area (Å²) in [7, 11) is -3.73. The molecule has 2 N–H and O–H groups in total. The van der Waals surface area contributed by atoms with E-state index in [4.69, 9.17) is 9.52 Å². The second-order valence-corrected chi connectivity index (χ2v) is 5.78. The maximum absolute atomic E-state index is 12.0. The van der Waals surface area contributed by atoms with Crippen LogP contribution in [0.15, 0.2) is 40.0 Å². The highest BCUT2D eigenvalue weighted by molar-refractivity contribution is 7.89. The van der Waals surface area contributed by atoms with Crippen molar-refractivity contribution in [2.45, 2.75) is 18.4 Å². The van der Waals surface area contributed by atoms with Crippen molar-refractivity contribution in [3.05, 3.63) is 47.7 Å². The fourth-order valence-corrected chi connectivity index (χ4v) is 2.50. The lowest BCUT2D eigenvalue weighted by molar-refractivity contribution is 0.0696. The molecule has 8 heteroatoms. The summed E-state index contributed by atoms with van der Waals surface area (Å²) >= 11 is 0. The Kier molecular flexibility index (Phi) is 3.86. The summed E-state index contributed by atoms with van der Waals surface area (Å²) in [6.07, 6.45) is 1.24. The van der Waals surface area contributed by atoms with Crippen LogP contribution < -0.4 is 4.72 Å². The summed E-state index contributed by atoms with van der Waals surface area (Å²) in [5.41, 5.74) is 0.629. The van der Waals surface area contributed by atoms with Crippen LogP contribution in [0.1, 0.15) is 21.8 Å². The van der Waals surface area contributed by atoms with Crippen LogP contribution in [0.3, 0.4) is 0 Å². The number of aromatic carboxylic acids is 1. The Bertz CT molecular complexity index is 719. The van der Waals surface area contributed by atoms with Crippen LogP contribution in [0.2, 0.25) is 0 Å². The van der Waals surface area contributed by atoms with Crippen molar-refractivity contribution in [3.8, 4) is 0 Å². The second kappa shape index (κ2) is 5.43. The van der Waals surface area contributed by atoms with Crippen molar-refractivity contribution < 1.29 is 22.7 Å². The number of hydrogen-bond acceptors (Lipinski definition) is 5. The minimum atomic E-state index is -3.73. The Labute approximate surface area is 115 Å². The Morgan fingerprint density at radius 2 is 2.00 bits per heavy atom. The van der Waals surface area contributed by atoms with Gasteiger partial charge in [-0.25, -0.2) is 22.9 Å². The minimum absolute atomic E-state index is 0.0142. The van der Waals surface area contributed by atoms with E-state index < -0.39 is 16.0 Å². The van der Waals surface area contributed by atoms with Crippen LogP contribution in [0.4, 0.5) is 0 Å². The van der Waals surface area contributed by atoms with Gasteiger partial charge in [0.15, 0.2) is 6.39 Å². The van der Waals surface area contributed by atoms with E-state index in [0.29, 0.717) is 11.5 Å². The molecule has 106 valence electrons. The largest absolute Gasteiger partial charge is 0.478 e. The molecule has 0 aliphatic heterocycles. The molecule has 0 radical (unpaired) electrons. The summed E-state index contributed by atoms with van der Waals surface area (Å²) in [5, 5.41) is 8.75. The third-order valence-electron chi connectivity index (χ3n) is 2.68. The molecular weight excluding hydrogens is 284 g/mol. The van der Waals surface area contributed by atoms with Gasteiger partial charge in [0, 0.05) is 0 Å². The molecule has 7 nitrogen and oxygen atoms in total. The molecule has 0 atom stereocenters. The van der Waals surface area contributed by atoms with E-state index in [-0.39, 0.29) is 17.0 Å². The van der Waals surface area contributed by atoms with Gasteiger partial charge < -0.3 is 9.52 Å². The zero-order valence-electron chi connectivity index (χ0n) is 10.5. The normalized spacial score (nSPS) is 11.4. The maximum atomic E-state index is 12.0. The summed E-state index contributed by atoms with van der Waals surface area (Å²) in [5.74, 6) is -0.685. The molecule has 0 amide bonds. The van der Waals surface area contributed by atoms with Gasteiger partial charge in [-0.3, -0.25) is 0 Å². The first kappa shape index (κ1) is 14.2. The average molecular weight is 296 g/mol. The molecule has 0 fully saturated rings. The fraction of sp³-hybridized carbons (Fsp3) is 0.167. The summed E-state index contributed by atoms with van der Waals surface area (Å²) in [6.45, 7) is 1.68. The van der Waals surface area contributed by atoms with Crippen molar-refractivity contribution in [1.82, 2.24) is 9.71 Å². The Hall–Kier alpha value is -2.19. The van der Waals surface area contributed by atoms with E-state index in [1.54, 1.807) is 6.92 Å².